The molecule has 0 radical (unpaired) electrons. The van der Waals surface area contributed by atoms with E-state index in [1.54, 1.807) is 30.3 Å². The van der Waals surface area contributed by atoms with E-state index in [-0.39, 0.29) is 23.9 Å². The van der Waals surface area contributed by atoms with Gasteiger partial charge in [0.25, 0.3) is 5.91 Å². The zero-order valence-corrected chi connectivity index (χ0v) is 17.9. The number of aromatic nitrogens is 2. The van der Waals surface area contributed by atoms with Crippen molar-refractivity contribution in [1.82, 2.24) is 10.1 Å². The first kappa shape index (κ1) is 22.2. The van der Waals surface area contributed by atoms with Gasteiger partial charge in [-0.2, -0.15) is 4.98 Å². The van der Waals surface area contributed by atoms with Gasteiger partial charge in [0.2, 0.25) is 17.6 Å². The molecule has 33 heavy (non-hydrogen) atoms. The second-order valence-corrected chi connectivity index (χ2v) is 7.48. The van der Waals surface area contributed by atoms with E-state index in [4.69, 9.17) is 20.5 Å². The molecule has 0 saturated carbocycles. The SMILES string of the molecule is O=C(CCCc1nc(-c2ccc(F)cc2)no1)Nc1ccc(Cl)cc1NC(=O)c1ccco1. The first-order chi connectivity index (χ1) is 16.0. The number of nitrogens with zero attached hydrogens (tertiary/aromatic N) is 2. The Morgan fingerprint density at radius 3 is 2.61 bits per heavy atom. The van der Waals surface area contributed by atoms with Crippen molar-refractivity contribution in [1.29, 1.82) is 0 Å². The summed E-state index contributed by atoms with van der Waals surface area (Å²) < 4.78 is 23.3. The fraction of sp³-hybridized carbons (Fsp3) is 0.130. The number of rotatable bonds is 8. The number of aryl methyl sites for hydroxylation is 1. The molecule has 0 saturated heterocycles. The summed E-state index contributed by atoms with van der Waals surface area (Å²) in [5.74, 6) is -0.215. The van der Waals surface area contributed by atoms with Crippen LogP contribution in [0.5, 0.6) is 0 Å². The molecule has 4 aromatic rings. The summed E-state index contributed by atoms with van der Waals surface area (Å²) in [5, 5.41) is 9.72. The van der Waals surface area contributed by atoms with Gasteiger partial charge in [-0.25, -0.2) is 4.39 Å². The number of carbonyl (C=O) groups is 2. The average Bonchev–Trinajstić information content (AvgIpc) is 3.49. The molecule has 0 atom stereocenters. The zero-order valence-electron chi connectivity index (χ0n) is 17.2. The van der Waals surface area contributed by atoms with E-state index in [1.165, 1.54) is 30.5 Å². The van der Waals surface area contributed by atoms with Crippen LogP contribution in [0.1, 0.15) is 29.3 Å². The van der Waals surface area contributed by atoms with E-state index in [1.807, 2.05) is 0 Å². The molecule has 2 N–H and O–H groups in total. The summed E-state index contributed by atoms with van der Waals surface area (Å²) in [5.41, 5.74) is 1.38. The molecule has 8 nitrogen and oxygen atoms in total. The molecule has 168 valence electrons. The molecule has 0 spiro atoms. The van der Waals surface area contributed by atoms with E-state index in [2.05, 4.69) is 20.8 Å². The molecule has 0 aliphatic carbocycles. The molecule has 0 aliphatic heterocycles. The van der Waals surface area contributed by atoms with E-state index in [9.17, 15) is 14.0 Å². The van der Waals surface area contributed by atoms with Crippen LogP contribution in [-0.4, -0.2) is 22.0 Å². The fourth-order valence-corrected chi connectivity index (χ4v) is 3.18. The number of hydrogen-bond acceptors (Lipinski definition) is 6. The predicted molar refractivity (Wildman–Crippen MR) is 119 cm³/mol. The summed E-state index contributed by atoms with van der Waals surface area (Å²) in [6.45, 7) is 0. The van der Waals surface area contributed by atoms with Crippen molar-refractivity contribution >= 4 is 34.8 Å². The zero-order chi connectivity index (χ0) is 23.2. The topological polar surface area (TPSA) is 110 Å². The smallest absolute Gasteiger partial charge is 0.291 e. The second kappa shape index (κ2) is 10.1. The summed E-state index contributed by atoms with van der Waals surface area (Å²) >= 11 is 6.04. The Labute approximate surface area is 192 Å². The van der Waals surface area contributed by atoms with Crippen molar-refractivity contribution in [3.8, 4) is 11.4 Å². The van der Waals surface area contributed by atoms with Crippen LogP contribution in [0, 0.1) is 5.82 Å². The lowest BCUT2D eigenvalue weighted by atomic mass is 10.2. The molecule has 4 rings (SSSR count). The van der Waals surface area contributed by atoms with Crippen molar-refractivity contribution in [3.63, 3.8) is 0 Å². The number of carbonyl (C=O) groups excluding carboxylic acids is 2. The summed E-state index contributed by atoms with van der Waals surface area (Å²) in [6.07, 6.45) is 2.42. The Bertz CT molecular complexity index is 1260. The third kappa shape index (κ3) is 5.83. The highest BCUT2D eigenvalue weighted by Crippen LogP contribution is 2.27. The summed E-state index contributed by atoms with van der Waals surface area (Å²) in [4.78, 5) is 29.0. The molecule has 0 unspecified atom stereocenters. The highest BCUT2D eigenvalue weighted by molar-refractivity contribution is 6.31. The standard InChI is InChI=1S/C23H18ClFN4O4/c24-15-8-11-17(18(13-15)27-23(31)19-3-2-12-32-19)26-20(30)4-1-5-21-28-22(29-33-21)14-6-9-16(25)10-7-14/h2-3,6-13H,1,4-5H2,(H,26,30)(H,27,31). The minimum atomic E-state index is -0.467. The molecule has 2 aromatic heterocycles. The highest BCUT2D eigenvalue weighted by Gasteiger charge is 2.14. The van der Waals surface area contributed by atoms with Gasteiger partial charge >= 0.3 is 0 Å². The van der Waals surface area contributed by atoms with Crippen LogP contribution in [0.3, 0.4) is 0 Å². The molecule has 0 fully saturated rings. The number of benzene rings is 2. The van der Waals surface area contributed by atoms with Crippen LogP contribution >= 0.6 is 11.6 Å². The van der Waals surface area contributed by atoms with Gasteiger partial charge in [-0.15, -0.1) is 0 Å². The maximum Gasteiger partial charge on any atom is 0.291 e. The molecule has 10 heteroatoms. The van der Waals surface area contributed by atoms with Gasteiger partial charge in [0.15, 0.2) is 5.76 Å². The third-order valence-corrected chi connectivity index (χ3v) is 4.85. The van der Waals surface area contributed by atoms with Crippen LogP contribution in [-0.2, 0) is 11.2 Å². The van der Waals surface area contributed by atoms with Crippen LogP contribution < -0.4 is 10.6 Å². The maximum absolute atomic E-state index is 13.0. The molecule has 0 bridgehead atoms. The number of anilines is 2. The fourth-order valence-electron chi connectivity index (χ4n) is 3.01. The number of amides is 2. The van der Waals surface area contributed by atoms with Crippen molar-refractivity contribution in [3.05, 3.63) is 83.4 Å². The first-order valence-corrected chi connectivity index (χ1v) is 10.4. The molecule has 2 amide bonds. The average molecular weight is 469 g/mol. The van der Waals surface area contributed by atoms with Gasteiger partial charge in [0.1, 0.15) is 5.82 Å². The number of halogens is 2. The molecule has 2 aromatic carbocycles. The van der Waals surface area contributed by atoms with Gasteiger partial charge in [-0.05, 0) is 61.0 Å². The van der Waals surface area contributed by atoms with Crippen molar-refractivity contribution in [2.24, 2.45) is 0 Å². The number of nitrogens with one attached hydrogen (secondary N) is 2. The van der Waals surface area contributed by atoms with Gasteiger partial charge in [0.05, 0.1) is 17.6 Å². The Kier molecular flexibility index (Phi) is 6.80. The second-order valence-electron chi connectivity index (χ2n) is 7.04. The minimum absolute atomic E-state index is 0.131. The van der Waals surface area contributed by atoms with Crippen molar-refractivity contribution < 1.29 is 22.9 Å². The lowest BCUT2D eigenvalue weighted by molar-refractivity contribution is -0.116. The van der Waals surface area contributed by atoms with Gasteiger partial charge < -0.3 is 19.6 Å². The molecular weight excluding hydrogens is 451 g/mol. The molecule has 0 aliphatic rings. The van der Waals surface area contributed by atoms with E-state index < -0.39 is 5.91 Å². The van der Waals surface area contributed by atoms with Gasteiger partial charge in [-0.1, -0.05) is 16.8 Å². The van der Waals surface area contributed by atoms with Gasteiger partial charge in [-0.3, -0.25) is 9.59 Å². The minimum Gasteiger partial charge on any atom is -0.459 e. The van der Waals surface area contributed by atoms with Crippen LogP contribution in [0.4, 0.5) is 15.8 Å². The summed E-state index contributed by atoms with van der Waals surface area (Å²) in [7, 11) is 0. The Morgan fingerprint density at radius 1 is 1.03 bits per heavy atom. The highest BCUT2D eigenvalue weighted by atomic mass is 35.5. The lowest BCUT2D eigenvalue weighted by Gasteiger charge is -2.12. The van der Waals surface area contributed by atoms with Crippen LogP contribution in [0.2, 0.25) is 5.02 Å². The summed E-state index contributed by atoms with van der Waals surface area (Å²) in [6, 6.07) is 13.6. The Hall–Kier alpha value is -3.98. The van der Waals surface area contributed by atoms with Crippen molar-refractivity contribution in [2.45, 2.75) is 19.3 Å². The Balaban J connectivity index is 1.32. The maximum atomic E-state index is 13.0. The van der Waals surface area contributed by atoms with E-state index in [0.717, 1.165) is 0 Å². The molecule has 2 heterocycles. The van der Waals surface area contributed by atoms with Crippen molar-refractivity contribution in [2.75, 3.05) is 10.6 Å². The number of furan rings is 1. The van der Waals surface area contributed by atoms with Crippen LogP contribution in [0.15, 0.2) is 69.8 Å². The molecular formula is C23H18ClFN4O4. The van der Waals surface area contributed by atoms with E-state index >= 15 is 0 Å². The van der Waals surface area contributed by atoms with Gasteiger partial charge in [0, 0.05) is 23.4 Å². The van der Waals surface area contributed by atoms with Crippen LogP contribution in [0.25, 0.3) is 11.4 Å². The predicted octanol–water partition coefficient (Wildman–Crippen LogP) is 5.34. The monoisotopic (exact) mass is 468 g/mol. The first-order valence-electron chi connectivity index (χ1n) is 10.0. The largest absolute Gasteiger partial charge is 0.459 e. The Morgan fingerprint density at radius 2 is 1.85 bits per heavy atom. The lowest BCUT2D eigenvalue weighted by Crippen LogP contribution is -2.16. The third-order valence-electron chi connectivity index (χ3n) is 4.61. The normalized spacial score (nSPS) is 10.7. The number of hydrogen-bond donors (Lipinski definition) is 2. The van der Waals surface area contributed by atoms with E-state index in [0.29, 0.717) is 46.5 Å². The quantitative estimate of drug-likeness (QED) is 0.361.